The highest BCUT2D eigenvalue weighted by Crippen LogP contribution is 2.25. The van der Waals surface area contributed by atoms with Crippen molar-refractivity contribution in [3.05, 3.63) is 34.9 Å². The summed E-state index contributed by atoms with van der Waals surface area (Å²) in [5.74, 6) is -0.827. The second kappa shape index (κ2) is 6.01. The summed E-state index contributed by atoms with van der Waals surface area (Å²) in [6.45, 7) is 8.49. The molecule has 0 spiro atoms. The van der Waals surface area contributed by atoms with Gasteiger partial charge in [0, 0.05) is 0 Å². The monoisotopic (exact) mass is 249 g/mol. The predicted molar refractivity (Wildman–Crippen MR) is 73.8 cm³/mol. The van der Waals surface area contributed by atoms with E-state index in [1.54, 1.807) is 6.92 Å². The first-order valence-electron chi connectivity index (χ1n) is 6.48. The molecule has 3 heteroatoms. The number of hydrogen-bond acceptors (Lipinski definition) is 2. The highest BCUT2D eigenvalue weighted by Gasteiger charge is 2.35. The number of hydrogen-bond donors (Lipinski definition) is 2. The first kappa shape index (κ1) is 14.7. The summed E-state index contributed by atoms with van der Waals surface area (Å²) < 4.78 is 0. The maximum absolute atomic E-state index is 11.6. The lowest BCUT2D eigenvalue weighted by Crippen LogP contribution is -2.47. The minimum atomic E-state index is -1.01. The molecular formula is C15H23NO2. The van der Waals surface area contributed by atoms with Crippen LogP contribution in [0.5, 0.6) is 0 Å². The molecule has 0 aliphatic rings. The van der Waals surface area contributed by atoms with Gasteiger partial charge in [-0.1, -0.05) is 37.1 Å². The fraction of sp³-hybridized carbons (Fsp3) is 0.533. The van der Waals surface area contributed by atoms with E-state index in [1.165, 1.54) is 0 Å². The second-order valence-electron chi connectivity index (χ2n) is 5.03. The minimum Gasteiger partial charge on any atom is -0.480 e. The van der Waals surface area contributed by atoms with Crippen LogP contribution in [0.4, 0.5) is 0 Å². The van der Waals surface area contributed by atoms with Crippen LogP contribution in [0.2, 0.25) is 0 Å². The SMILES string of the molecule is CCCCNC(C)(C(=O)O)c1cc(C)ccc1C. The van der Waals surface area contributed by atoms with E-state index in [1.807, 2.05) is 32.0 Å². The van der Waals surface area contributed by atoms with Crippen molar-refractivity contribution >= 4 is 5.97 Å². The Bertz CT molecular complexity index is 429. The van der Waals surface area contributed by atoms with Gasteiger partial charge in [-0.3, -0.25) is 5.32 Å². The van der Waals surface area contributed by atoms with Crippen LogP contribution >= 0.6 is 0 Å². The Kier molecular flexibility index (Phi) is 4.91. The van der Waals surface area contributed by atoms with E-state index in [9.17, 15) is 9.90 Å². The number of carbonyl (C=O) groups is 1. The zero-order valence-electron chi connectivity index (χ0n) is 11.7. The molecule has 18 heavy (non-hydrogen) atoms. The summed E-state index contributed by atoms with van der Waals surface area (Å²) in [4.78, 5) is 11.6. The number of carboxylic acid groups (broad SMARTS) is 1. The molecule has 0 fully saturated rings. The van der Waals surface area contributed by atoms with Gasteiger partial charge in [0.15, 0.2) is 0 Å². The van der Waals surface area contributed by atoms with Crippen molar-refractivity contribution in [2.24, 2.45) is 0 Å². The fourth-order valence-corrected chi connectivity index (χ4v) is 2.08. The molecule has 0 aliphatic carbocycles. The quantitative estimate of drug-likeness (QED) is 0.762. The lowest BCUT2D eigenvalue weighted by atomic mass is 9.87. The van der Waals surface area contributed by atoms with Gasteiger partial charge in [-0.05, 0) is 44.9 Å². The van der Waals surface area contributed by atoms with Gasteiger partial charge in [-0.15, -0.1) is 0 Å². The van der Waals surface area contributed by atoms with Gasteiger partial charge in [0.2, 0.25) is 0 Å². The largest absolute Gasteiger partial charge is 0.480 e. The fourth-order valence-electron chi connectivity index (χ4n) is 2.08. The summed E-state index contributed by atoms with van der Waals surface area (Å²) in [7, 11) is 0. The number of aryl methyl sites for hydroxylation is 2. The minimum absolute atomic E-state index is 0.715. The molecule has 100 valence electrons. The molecular weight excluding hydrogens is 226 g/mol. The zero-order chi connectivity index (χ0) is 13.8. The number of aliphatic carboxylic acids is 1. The summed E-state index contributed by atoms with van der Waals surface area (Å²) >= 11 is 0. The Morgan fingerprint density at radius 2 is 2.06 bits per heavy atom. The van der Waals surface area contributed by atoms with Crippen molar-refractivity contribution in [3.8, 4) is 0 Å². The van der Waals surface area contributed by atoms with E-state index in [4.69, 9.17) is 0 Å². The molecule has 0 saturated heterocycles. The average Bonchev–Trinajstić information content (AvgIpc) is 2.32. The highest BCUT2D eigenvalue weighted by atomic mass is 16.4. The van der Waals surface area contributed by atoms with Gasteiger partial charge < -0.3 is 5.11 Å². The lowest BCUT2D eigenvalue weighted by molar-refractivity contribution is -0.144. The third kappa shape index (κ3) is 3.10. The predicted octanol–water partition coefficient (Wildman–Crippen LogP) is 2.99. The van der Waals surface area contributed by atoms with Gasteiger partial charge in [-0.25, -0.2) is 4.79 Å². The molecule has 1 atom stereocenters. The highest BCUT2D eigenvalue weighted by molar-refractivity contribution is 5.81. The Balaban J connectivity index is 3.10. The smallest absolute Gasteiger partial charge is 0.328 e. The van der Waals surface area contributed by atoms with E-state index < -0.39 is 11.5 Å². The van der Waals surface area contributed by atoms with E-state index in [0.29, 0.717) is 6.54 Å². The van der Waals surface area contributed by atoms with Crippen LogP contribution in [0, 0.1) is 13.8 Å². The normalized spacial score (nSPS) is 14.2. The van der Waals surface area contributed by atoms with Crippen molar-refractivity contribution in [1.82, 2.24) is 5.32 Å². The average molecular weight is 249 g/mol. The van der Waals surface area contributed by atoms with Gasteiger partial charge in [-0.2, -0.15) is 0 Å². The first-order valence-corrected chi connectivity index (χ1v) is 6.48. The van der Waals surface area contributed by atoms with E-state index in [0.717, 1.165) is 29.5 Å². The molecule has 0 aromatic heterocycles. The number of unbranched alkanes of at least 4 members (excludes halogenated alkanes) is 1. The lowest BCUT2D eigenvalue weighted by Gasteiger charge is -2.29. The topological polar surface area (TPSA) is 49.3 Å². The van der Waals surface area contributed by atoms with Crippen LogP contribution in [0.25, 0.3) is 0 Å². The van der Waals surface area contributed by atoms with Crippen LogP contribution in [0.1, 0.15) is 43.4 Å². The van der Waals surface area contributed by atoms with Crippen molar-refractivity contribution < 1.29 is 9.90 Å². The third-order valence-electron chi connectivity index (χ3n) is 3.37. The Hall–Kier alpha value is -1.35. The summed E-state index contributed by atoms with van der Waals surface area (Å²) in [5.41, 5.74) is 1.94. The number of nitrogens with one attached hydrogen (secondary N) is 1. The molecule has 2 N–H and O–H groups in total. The van der Waals surface area contributed by atoms with Crippen molar-refractivity contribution in [2.45, 2.75) is 46.1 Å². The number of carboxylic acids is 1. The maximum Gasteiger partial charge on any atom is 0.328 e. The van der Waals surface area contributed by atoms with Crippen LogP contribution in [0.3, 0.4) is 0 Å². The molecule has 0 heterocycles. The molecule has 1 aromatic rings. The summed E-state index contributed by atoms with van der Waals surface area (Å²) in [6, 6.07) is 5.95. The van der Waals surface area contributed by atoms with Gasteiger partial charge >= 0.3 is 5.97 Å². The van der Waals surface area contributed by atoms with Gasteiger partial charge in [0.05, 0.1) is 0 Å². The maximum atomic E-state index is 11.6. The van der Waals surface area contributed by atoms with E-state index in [-0.39, 0.29) is 0 Å². The molecule has 0 aliphatic heterocycles. The van der Waals surface area contributed by atoms with E-state index >= 15 is 0 Å². The standard InChI is InChI=1S/C15H23NO2/c1-5-6-9-16-15(4,14(17)18)13-10-11(2)7-8-12(13)3/h7-8,10,16H,5-6,9H2,1-4H3,(H,17,18). The Morgan fingerprint density at radius 1 is 1.39 bits per heavy atom. The first-order chi connectivity index (χ1) is 8.41. The van der Waals surface area contributed by atoms with Crippen LogP contribution in [0.15, 0.2) is 18.2 Å². The van der Waals surface area contributed by atoms with Crippen molar-refractivity contribution in [1.29, 1.82) is 0 Å². The van der Waals surface area contributed by atoms with Crippen molar-refractivity contribution in [3.63, 3.8) is 0 Å². The van der Waals surface area contributed by atoms with E-state index in [2.05, 4.69) is 12.2 Å². The molecule has 1 rings (SSSR count). The zero-order valence-corrected chi connectivity index (χ0v) is 11.7. The van der Waals surface area contributed by atoms with Gasteiger partial charge in [0.25, 0.3) is 0 Å². The molecule has 1 aromatic carbocycles. The number of rotatable bonds is 6. The third-order valence-corrected chi connectivity index (χ3v) is 3.37. The van der Waals surface area contributed by atoms with Crippen LogP contribution in [-0.2, 0) is 10.3 Å². The molecule has 0 bridgehead atoms. The number of benzene rings is 1. The summed E-state index contributed by atoms with van der Waals surface area (Å²) in [6.07, 6.45) is 2.03. The second-order valence-corrected chi connectivity index (χ2v) is 5.03. The molecule has 0 saturated carbocycles. The molecule has 1 unspecified atom stereocenters. The Labute approximate surface area is 109 Å². The van der Waals surface area contributed by atoms with Crippen LogP contribution in [-0.4, -0.2) is 17.6 Å². The molecule has 0 radical (unpaired) electrons. The summed E-state index contributed by atoms with van der Waals surface area (Å²) in [5, 5.41) is 12.7. The van der Waals surface area contributed by atoms with Crippen molar-refractivity contribution in [2.75, 3.05) is 6.54 Å². The van der Waals surface area contributed by atoms with Crippen LogP contribution < -0.4 is 5.32 Å². The Morgan fingerprint density at radius 3 is 2.61 bits per heavy atom. The van der Waals surface area contributed by atoms with Gasteiger partial charge in [0.1, 0.15) is 5.54 Å². The molecule has 0 amide bonds. The molecule has 3 nitrogen and oxygen atoms in total.